The molecule has 0 saturated carbocycles. The molecule has 0 spiro atoms. The summed E-state index contributed by atoms with van der Waals surface area (Å²) in [5.74, 6) is 2.56. The van der Waals surface area contributed by atoms with Crippen LogP contribution >= 0.6 is 24.8 Å². The summed E-state index contributed by atoms with van der Waals surface area (Å²) in [6, 6.07) is 13.6. The zero-order chi connectivity index (χ0) is 21.2. The zero-order valence-corrected chi connectivity index (χ0v) is 20.7. The van der Waals surface area contributed by atoms with Crippen LogP contribution in [-0.2, 0) is 0 Å². The highest BCUT2D eigenvalue weighted by Gasteiger charge is 2.22. The van der Waals surface area contributed by atoms with Crippen LogP contribution in [0.1, 0.15) is 55.6 Å². The van der Waals surface area contributed by atoms with Gasteiger partial charge >= 0.3 is 0 Å². The fraction of sp³-hybridized carbons (Fsp3) is 0.520. The van der Waals surface area contributed by atoms with Crippen molar-refractivity contribution in [3.8, 4) is 11.5 Å². The minimum absolute atomic E-state index is 0. The maximum Gasteiger partial charge on any atom is 0.130 e. The number of halogens is 3. The predicted octanol–water partition coefficient (Wildman–Crippen LogP) is 5.70. The highest BCUT2D eigenvalue weighted by atomic mass is 35.5. The Balaban J connectivity index is 0.000000301. The molecule has 2 saturated heterocycles. The Morgan fingerprint density at radius 2 is 1.41 bits per heavy atom. The van der Waals surface area contributed by atoms with Crippen LogP contribution in [-0.4, -0.2) is 39.9 Å². The highest BCUT2D eigenvalue weighted by Crippen LogP contribution is 2.34. The summed E-state index contributed by atoms with van der Waals surface area (Å²) in [5, 5.41) is 6.67. The molecule has 0 aromatic heterocycles. The van der Waals surface area contributed by atoms with E-state index in [4.69, 9.17) is 9.47 Å². The van der Waals surface area contributed by atoms with Gasteiger partial charge < -0.3 is 20.1 Å². The molecular weight excluding hydrogens is 450 g/mol. The molecule has 0 atom stereocenters. The number of nitrogens with one attached hydrogen (secondary N) is 2. The standard InChI is InChI=1S/C13H19NO.C12H16FNO.2ClH/c1-2-15-13-5-3-11(4-6-13)12-7-9-14-10-8-12;1-15-11-4-2-3-10(13)12(11)9-5-7-14-8-6-9;;/h3-6,12,14H,2,7-10H2,1H3;2-4,9,14H,5-8H2,1H3;2*1H. The number of rotatable bonds is 5. The molecule has 32 heavy (non-hydrogen) atoms. The van der Waals surface area contributed by atoms with Crippen molar-refractivity contribution in [1.82, 2.24) is 10.6 Å². The van der Waals surface area contributed by atoms with Gasteiger partial charge in [0.05, 0.1) is 13.7 Å². The van der Waals surface area contributed by atoms with Crippen molar-refractivity contribution in [2.75, 3.05) is 39.9 Å². The second-order valence-corrected chi connectivity index (χ2v) is 7.91. The topological polar surface area (TPSA) is 42.5 Å². The summed E-state index contributed by atoms with van der Waals surface area (Å²) in [4.78, 5) is 0. The minimum atomic E-state index is -0.138. The molecule has 4 nitrogen and oxygen atoms in total. The molecule has 2 fully saturated rings. The quantitative estimate of drug-likeness (QED) is 0.568. The Labute approximate surface area is 204 Å². The maximum absolute atomic E-state index is 13.7. The molecule has 2 N–H and O–H groups in total. The zero-order valence-electron chi connectivity index (χ0n) is 19.1. The van der Waals surface area contributed by atoms with E-state index in [1.807, 2.05) is 13.0 Å². The average molecular weight is 487 g/mol. The predicted molar refractivity (Wildman–Crippen MR) is 135 cm³/mol. The van der Waals surface area contributed by atoms with Crippen molar-refractivity contribution < 1.29 is 13.9 Å². The van der Waals surface area contributed by atoms with Gasteiger partial charge in [0, 0.05) is 5.56 Å². The van der Waals surface area contributed by atoms with Gasteiger partial charge in [0.2, 0.25) is 0 Å². The molecule has 0 radical (unpaired) electrons. The molecule has 0 bridgehead atoms. The average Bonchev–Trinajstić information content (AvgIpc) is 2.81. The summed E-state index contributed by atoms with van der Waals surface area (Å²) in [6.45, 7) is 6.98. The molecule has 180 valence electrons. The number of methoxy groups -OCH3 is 1. The van der Waals surface area contributed by atoms with E-state index in [9.17, 15) is 4.39 Å². The van der Waals surface area contributed by atoms with Crippen LogP contribution in [0.25, 0.3) is 0 Å². The van der Waals surface area contributed by atoms with Crippen LogP contribution in [0.5, 0.6) is 11.5 Å². The van der Waals surface area contributed by atoms with Crippen molar-refractivity contribution in [3.63, 3.8) is 0 Å². The van der Waals surface area contributed by atoms with E-state index in [2.05, 4.69) is 34.9 Å². The monoisotopic (exact) mass is 486 g/mol. The second-order valence-electron chi connectivity index (χ2n) is 7.91. The van der Waals surface area contributed by atoms with Crippen LogP contribution < -0.4 is 20.1 Å². The smallest absolute Gasteiger partial charge is 0.130 e. The second kappa shape index (κ2) is 15.3. The van der Waals surface area contributed by atoms with Gasteiger partial charge in [0.25, 0.3) is 0 Å². The van der Waals surface area contributed by atoms with Gasteiger partial charge in [0.15, 0.2) is 0 Å². The normalized spacial score (nSPS) is 16.6. The summed E-state index contributed by atoms with van der Waals surface area (Å²) in [7, 11) is 1.60. The SMILES string of the molecule is CCOc1ccc(C2CCNCC2)cc1.COc1cccc(F)c1C1CCNCC1.Cl.Cl. The van der Waals surface area contributed by atoms with E-state index in [0.29, 0.717) is 11.7 Å². The lowest BCUT2D eigenvalue weighted by Crippen LogP contribution is -2.27. The number of ether oxygens (including phenoxy) is 2. The molecule has 0 unspecified atom stereocenters. The van der Waals surface area contributed by atoms with E-state index >= 15 is 0 Å². The number of benzene rings is 2. The van der Waals surface area contributed by atoms with Gasteiger partial charge in [-0.1, -0.05) is 18.2 Å². The third-order valence-electron chi connectivity index (χ3n) is 5.98. The molecule has 2 aromatic carbocycles. The Bertz CT molecular complexity index is 765. The molecule has 2 heterocycles. The third-order valence-corrected chi connectivity index (χ3v) is 5.98. The van der Waals surface area contributed by atoms with Crippen molar-refractivity contribution in [2.24, 2.45) is 0 Å². The summed E-state index contributed by atoms with van der Waals surface area (Å²) < 4.78 is 24.4. The van der Waals surface area contributed by atoms with Crippen molar-refractivity contribution in [1.29, 1.82) is 0 Å². The summed E-state index contributed by atoms with van der Waals surface area (Å²) >= 11 is 0. The highest BCUT2D eigenvalue weighted by molar-refractivity contribution is 5.85. The minimum Gasteiger partial charge on any atom is -0.496 e. The van der Waals surface area contributed by atoms with Gasteiger partial charge in [-0.25, -0.2) is 4.39 Å². The molecule has 7 heteroatoms. The molecule has 0 amide bonds. The van der Waals surface area contributed by atoms with Crippen molar-refractivity contribution >= 4 is 24.8 Å². The first kappa shape index (κ1) is 28.5. The van der Waals surface area contributed by atoms with Gasteiger partial charge in [-0.3, -0.25) is 0 Å². The molecule has 2 aliphatic heterocycles. The Morgan fingerprint density at radius 1 is 0.844 bits per heavy atom. The Kier molecular flexibility index (Phi) is 13.7. The third kappa shape index (κ3) is 8.11. The first-order valence-electron chi connectivity index (χ1n) is 11.2. The number of hydrogen-bond donors (Lipinski definition) is 2. The maximum atomic E-state index is 13.7. The molecule has 2 aromatic rings. The molecular formula is C25H37Cl2FN2O2. The van der Waals surface area contributed by atoms with Gasteiger partial charge in [-0.15, -0.1) is 24.8 Å². The van der Waals surface area contributed by atoms with Crippen LogP contribution in [0.4, 0.5) is 4.39 Å². The lowest BCUT2D eigenvalue weighted by molar-refractivity contribution is 0.340. The van der Waals surface area contributed by atoms with E-state index in [-0.39, 0.29) is 30.6 Å². The fourth-order valence-electron chi connectivity index (χ4n) is 4.36. The number of piperidine rings is 2. The fourth-order valence-corrected chi connectivity index (χ4v) is 4.36. The summed E-state index contributed by atoms with van der Waals surface area (Å²) in [5.41, 5.74) is 2.21. The molecule has 2 aliphatic rings. The van der Waals surface area contributed by atoms with Crippen LogP contribution in [0.15, 0.2) is 42.5 Å². The number of hydrogen-bond acceptors (Lipinski definition) is 4. The molecule has 0 aliphatic carbocycles. The van der Waals surface area contributed by atoms with Crippen LogP contribution in [0.3, 0.4) is 0 Å². The van der Waals surface area contributed by atoms with Gasteiger partial charge in [0.1, 0.15) is 17.3 Å². The van der Waals surface area contributed by atoms with Gasteiger partial charge in [-0.2, -0.15) is 0 Å². The van der Waals surface area contributed by atoms with Crippen molar-refractivity contribution in [3.05, 3.63) is 59.4 Å². The van der Waals surface area contributed by atoms with Gasteiger partial charge in [-0.05, 0) is 100 Å². The lowest BCUT2D eigenvalue weighted by Gasteiger charge is -2.24. The van der Waals surface area contributed by atoms with E-state index in [0.717, 1.165) is 62.9 Å². The Hall–Kier alpha value is -1.53. The van der Waals surface area contributed by atoms with E-state index in [1.54, 1.807) is 13.2 Å². The Morgan fingerprint density at radius 3 is 1.94 bits per heavy atom. The summed E-state index contributed by atoms with van der Waals surface area (Å²) in [6.07, 6.45) is 4.48. The first-order chi connectivity index (χ1) is 14.7. The van der Waals surface area contributed by atoms with Crippen molar-refractivity contribution in [2.45, 2.75) is 44.4 Å². The lowest BCUT2D eigenvalue weighted by atomic mass is 9.89. The van der Waals surface area contributed by atoms with E-state index in [1.165, 1.54) is 24.5 Å². The largest absolute Gasteiger partial charge is 0.496 e. The van der Waals surface area contributed by atoms with Crippen LogP contribution in [0.2, 0.25) is 0 Å². The first-order valence-corrected chi connectivity index (χ1v) is 11.2. The van der Waals surface area contributed by atoms with Crippen LogP contribution in [0, 0.1) is 5.82 Å². The molecule has 4 rings (SSSR count). The van der Waals surface area contributed by atoms with E-state index < -0.39 is 0 Å².